The monoisotopic (exact) mass is 326 g/mol. The molecule has 24 heavy (non-hydrogen) atoms. The van der Waals surface area contributed by atoms with Crippen LogP contribution < -0.4 is 0 Å². The Balaban J connectivity index is 1.72. The molecule has 2 aliphatic carbocycles. The van der Waals surface area contributed by atoms with Crippen LogP contribution in [0.15, 0.2) is 29.8 Å². The van der Waals surface area contributed by atoms with Crippen molar-refractivity contribution >= 4 is 11.9 Å². The van der Waals surface area contributed by atoms with Crippen molar-refractivity contribution in [3.63, 3.8) is 0 Å². The lowest BCUT2D eigenvalue weighted by molar-refractivity contribution is -0.125. The predicted octanol–water partition coefficient (Wildman–Crippen LogP) is 5.41. The second-order valence-corrected chi connectivity index (χ2v) is 8.22. The van der Waals surface area contributed by atoms with Crippen LogP contribution in [0, 0.1) is 16.7 Å². The van der Waals surface area contributed by atoms with E-state index in [1.165, 1.54) is 5.56 Å². The summed E-state index contributed by atoms with van der Waals surface area (Å²) in [6, 6.07) is 8.45. The standard InChI is InChI=1S/C22H30O2/c1-5-6-13-24-15-17-9-7-16(8-10-17)14-18-19-11-12-22(4,20(18)23)21(19,2)3/h7-10,14,19H,5-6,11-13,15H2,1-4H3/b18-14+. The molecule has 2 saturated carbocycles. The molecule has 2 bridgehead atoms. The zero-order valence-corrected chi connectivity index (χ0v) is 15.5. The molecule has 130 valence electrons. The molecule has 2 atom stereocenters. The van der Waals surface area contributed by atoms with Crippen molar-refractivity contribution in [1.82, 2.24) is 0 Å². The number of allylic oxidation sites excluding steroid dienone is 1. The summed E-state index contributed by atoms with van der Waals surface area (Å²) in [5, 5.41) is 0. The maximum atomic E-state index is 12.9. The van der Waals surface area contributed by atoms with E-state index in [0.29, 0.717) is 18.3 Å². The molecule has 0 aromatic heterocycles. The van der Waals surface area contributed by atoms with Gasteiger partial charge in [-0.3, -0.25) is 4.79 Å². The van der Waals surface area contributed by atoms with Crippen molar-refractivity contribution in [1.29, 1.82) is 0 Å². The summed E-state index contributed by atoms with van der Waals surface area (Å²) in [5.41, 5.74) is 3.28. The molecule has 0 spiro atoms. The molecule has 0 amide bonds. The van der Waals surface area contributed by atoms with Gasteiger partial charge in [0.25, 0.3) is 0 Å². The molecule has 2 unspecified atom stereocenters. The fourth-order valence-corrected chi connectivity index (χ4v) is 4.42. The van der Waals surface area contributed by atoms with Crippen molar-refractivity contribution in [3.8, 4) is 0 Å². The van der Waals surface area contributed by atoms with Gasteiger partial charge in [-0.05, 0) is 53.4 Å². The van der Waals surface area contributed by atoms with Crippen LogP contribution in [0.1, 0.15) is 64.5 Å². The van der Waals surface area contributed by atoms with Crippen LogP contribution in [0.4, 0.5) is 0 Å². The van der Waals surface area contributed by atoms with Crippen LogP contribution >= 0.6 is 0 Å². The van der Waals surface area contributed by atoms with Crippen LogP contribution in [0.5, 0.6) is 0 Å². The summed E-state index contributed by atoms with van der Waals surface area (Å²) in [7, 11) is 0. The topological polar surface area (TPSA) is 26.3 Å². The number of carbonyl (C=O) groups excluding carboxylic acids is 1. The lowest BCUT2D eigenvalue weighted by atomic mass is 9.70. The number of Topliss-reactive ketones (excluding diaryl/α,β-unsaturated/α-hetero) is 1. The van der Waals surface area contributed by atoms with Gasteiger partial charge in [-0.25, -0.2) is 0 Å². The number of hydrogen-bond acceptors (Lipinski definition) is 2. The Morgan fingerprint density at radius 1 is 1.21 bits per heavy atom. The molecular formula is C22H30O2. The van der Waals surface area contributed by atoms with Crippen LogP contribution in [0.3, 0.4) is 0 Å². The number of ketones is 1. The Bertz CT molecular complexity index is 638. The van der Waals surface area contributed by atoms with Crippen LogP contribution in [-0.2, 0) is 16.1 Å². The fourth-order valence-electron chi connectivity index (χ4n) is 4.42. The minimum Gasteiger partial charge on any atom is -0.377 e. The first-order valence-electron chi connectivity index (χ1n) is 9.33. The highest BCUT2D eigenvalue weighted by atomic mass is 16.5. The first-order valence-corrected chi connectivity index (χ1v) is 9.33. The van der Waals surface area contributed by atoms with Crippen LogP contribution in [0.25, 0.3) is 6.08 Å². The summed E-state index contributed by atoms with van der Waals surface area (Å²) in [6.45, 7) is 10.4. The van der Waals surface area contributed by atoms with Gasteiger partial charge >= 0.3 is 0 Å². The van der Waals surface area contributed by atoms with Crippen LogP contribution in [0.2, 0.25) is 0 Å². The lowest BCUT2D eigenvalue weighted by Crippen LogP contribution is -2.32. The van der Waals surface area contributed by atoms with Gasteiger partial charge in [-0.1, -0.05) is 58.4 Å². The molecule has 1 aromatic rings. The number of benzene rings is 1. The molecule has 1 aromatic carbocycles. The predicted molar refractivity (Wildman–Crippen MR) is 98.6 cm³/mol. The van der Waals surface area contributed by atoms with Gasteiger partial charge in [-0.15, -0.1) is 0 Å². The number of hydrogen-bond donors (Lipinski definition) is 0. The maximum Gasteiger partial charge on any atom is 0.165 e. The minimum atomic E-state index is -0.170. The number of fused-ring (bicyclic) bond motifs is 2. The Kier molecular flexibility index (Phi) is 4.70. The number of unbranched alkanes of at least 4 members (excludes halogenated alkanes) is 1. The van der Waals surface area contributed by atoms with E-state index in [0.717, 1.165) is 43.4 Å². The second-order valence-electron chi connectivity index (χ2n) is 8.22. The normalized spacial score (nSPS) is 29.6. The number of rotatable bonds is 6. The van der Waals surface area contributed by atoms with Crippen LogP contribution in [-0.4, -0.2) is 12.4 Å². The molecule has 0 N–H and O–H groups in total. The number of ether oxygens (including phenoxy) is 1. The summed E-state index contributed by atoms with van der Waals surface area (Å²) in [6.07, 6.45) is 6.58. The van der Waals surface area contributed by atoms with E-state index in [9.17, 15) is 4.79 Å². The van der Waals surface area contributed by atoms with Crippen molar-refractivity contribution in [2.75, 3.05) is 6.61 Å². The lowest BCUT2D eigenvalue weighted by Gasteiger charge is -2.31. The van der Waals surface area contributed by atoms with E-state index in [1.54, 1.807) is 0 Å². The molecular weight excluding hydrogens is 296 g/mol. The molecule has 3 rings (SSSR count). The van der Waals surface area contributed by atoms with E-state index in [2.05, 4.69) is 58.0 Å². The summed E-state index contributed by atoms with van der Waals surface area (Å²) >= 11 is 0. The SMILES string of the molecule is CCCCOCc1ccc(/C=C2/C(=O)C3(C)CCC2C3(C)C)cc1. The van der Waals surface area contributed by atoms with Gasteiger partial charge in [-0.2, -0.15) is 0 Å². The average molecular weight is 326 g/mol. The van der Waals surface area contributed by atoms with Gasteiger partial charge in [0.05, 0.1) is 6.61 Å². The third-order valence-corrected chi connectivity index (χ3v) is 6.58. The first-order chi connectivity index (χ1) is 11.4. The van der Waals surface area contributed by atoms with E-state index >= 15 is 0 Å². The molecule has 0 radical (unpaired) electrons. The highest BCUT2D eigenvalue weighted by Gasteiger charge is 2.63. The summed E-state index contributed by atoms with van der Waals surface area (Å²) in [5.74, 6) is 0.780. The van der Waals surface area contributed by atoms with Gasteiger partial charge < -0.3 is 4.74 Å². The van der Waals surface area contributed by atoms with E-state index < -0.39 is 0 Å². The highest BCUT2D eigenvalue weighted by molar-refractivity contribution is 6.07. The molecule has 0 aliphatic heterocycles. The van der Waals surface area contributed by atoms with Crippen molar-refractivity contribution in [3.05, 3.63) is 41.0 Å². The summed E-state index contributed by atoms with van der Waals surface area (Å²) < 4.78 is 5.66. The van der Waals surface area contributed by atoms with Gasteiger partial charge in [0, 0.05) is 12.0 Å². The summed E-state index contributed by atoms with van der Waals surface area (Å²) in [4.78, 5) is 12.9. The first kappa shape index (κ1) is 17.4. The molecule has 2 heteroatoms. The average Bonchev–Trinajstić information content (AvgIpc) is 2.87. The maximum absolute atomic E-state index is 12.9. The molecule has 2 aliphatic rings. The van der Waals surface area contributed by atoms with Gasteiger partial charge in [0.2, 0.25) is 0 Å². The minimum absolute atomic E-state index is 0.0863. The third kappa shape index (κ3) is 2.75. The van der Waals surface area contributed by atoms with Crippen molar-refractivity contribution in [2.24, 2.45) is 16.7 Å². The quantitative estimate of drug-likeness (QED) is 0.516. The fraction of sp³-hybridized carbons (Fsp3) is 0.591. The van der Waals surface area contributed by atoms with Crippen molar-refractivity contribution in [2.45, 2.75) is 60.0 Å². The van der Waals surface area contributed by atoms with Crippen molar-refractivity contribution < 1.29 is 9.53 Å². The zero-order valence-electron chi connectivity index (χ0n) is 15.5. The second kappa shape index (κ2) is 6.48. The van der Waals surface area contributed by atoms with E-state index in [-0.39, 0.29) is 10.8 Å². The van der Waals surface area contributed by atoms with Gasteiger partial charge in [0.15, 0.2) is 5.78 Å². The molecule has 0 heterocycles. The zero-order chi connectivity index (χ0) is 17.4. The Hall–Kier alpha value is -1.41. The smallest absolute Gasteiger partial charge is 0.165 e. The highest BCUT2D eigenvalue weighted by Crippen LogP contribution is 2.65. The molecule has 2 nitrogen and oxygen atoms in total. The Labute approximate surface area is 146 Å². The number of carbonyl (C=O) groups is 1. The van der Waals surface area contributed by atoms with E-state index in [4.69, 9.17) is 4.74 Å². The molecule has 0 saturated heterocycles. The molecule has 2 fully saturated rings. The Morgan fingerprint density at radius 2 is 1.92 bits per heavy atom. The van der Waals surface area contributed by atoms with Gasteiger partial charge in [0.1, 0.15) is 0 Å². The Morgan fingerprint density at radius 3 is 2.50 bits per heavy atom. The largest absolute Gasteiger partial charge is 0.377 e. The third-order valence-electron chi connectivity index (χ3n) is 6.58. The van der Waals surface area contributed by atoms with E-state index in [1.807, 2.05) is 0 Å².